The zero-order valence-corrected chi connectivity index (χ0v) is 10.2. The van der Waals surface area contributed by atoms with Gasteiger partial charge in [0.05, 0.1) is 5.92 Å². The van der Waals surface area contributed by atoms with Crippen molar-refractivity contribution in [1.29, 1.82) is 0 Å². The van der Waals surface area contributed by atoms with Gasteiger partial charge in [0.25, 0.3) is 0 Å². The molecule has 1 atom stereocenters. The zero-order chi connectivity index (χ0) is 13.9. The van der Waals surface area contributed by atoms with Gasteiger partial charge >= 0.3 is 12.3 Å². The number of carbonyl (C=O) groups is 1. The highest BCUT2D eigenvalue weighted by atomic mass is 19.4. The lowest BCUT2D eigenvalue weighted by Crippen LogP contribution is -2.32. The first-order chi connectivity index (χ1) is 8.97. The Morgan fingerprint density at radius 2 is 2.00 bits per heavy atom. The Balaban J connectivity index is 1.82. The van der Waals surface area contributed by atoms with Crippen LogP contribution in [0, 0.1) is 5.92 Å². The van der Waals surface area contributed by atoms with E-state index in [1.54, 1.807) is 24.3 Å². The molecular formula is C13H14F3NO2. The van der Waals surface area contributed by atoms with E-state index in [0.29, 0.717) is 0 Å². The van der Waals surface area contributed by atoms with Gasteiger partial charge in [-0.3, -0.25) is 0 Å². The Hall–Kier alpha value is -1.72. The average Bonchev–Trinajstić information content (AvgIpc) is 2.87. The van der Waals surface area contributed by atoms with Crippen molar-refractivity contribution < 1.29 is 22.7 Å². The molecule has 1 heterocycles. The number of benzene rings is 1. The van der Waals surface area contributed by atoms with Crippen molar-refractivity contribution >= 4 is 6.09 Å². The molecule has 1 aliphatic heterocycles. The number of hydrogen-bond acceptors (Lipinski definition) is 2. The maximum Gasteiger partial charge on any atom is 0.410 e. The molecule has 1 unspecified atom stereocenters. The topological polar surface area (TPSA) is 29.5 Å². The molecule has 0 bridgehead atoms. The molecule has 19 heavy (non-hydrogen) atoms. The number of nitrogens with zero attached hydrogens (tertiary/aromatic N) is 1. The fourth-order valence-electron chi connectivity index (χ4n) is 2.00. The molecule has 1 fully saturated rings. The Kier molecular flexibility index (Phi) is 3.97. The molecule has 6 heteroatoms. The maximum atomic E-state index is 12.5. The van der Waals surface area contributed by atoms with Gasteiger partial charge in [-0.1, -0.05) is 30.3 Å². The summed E-state index contributed by atoms with van der Waals surface area (Å²) in [7, 11) is 0. The molecule has 0 N–H and O–H groups in total. The highest BCUT2D eigenvalue weighted by Crippen LogP contribution is 2.33. The van der Waals surface area contributed by atoms with Gasteiger partial charge in [0.15, 0.2) is 0 Å². The van der Waals surface area contributed by atoms with E-state index in [1.165, 1.54) is 0 Å². The fourth-order valence-corrected chi connectivity index (χ4v) is 2.00. The zero-order valence-electron chi connectivity index (χ0n) is 10.2. The van der Waals surface area contributed by atoms with Gasteiger partial charge in [-0.2, -0.15) is 13.2 Å². The van der Waals surface area contributed by atoms with E-state index < -0.39 is 18.2 Å². The first kappa shape index (κ1) is 13.7. The van der Waals surface area contributed by atoms with Crippen molar-refractivity contribution in [3.05, 3.63) is 35.9 Å². The van der Waals surface area contributed by atoms with Crippen LogP contribution < -0.4 is 0 Å². The van der Waals surface area contributed by atoms with E-state index in [0.717, 1.165) is 10.5 Å². The molecule has 0 saturated carbocycles. The van der Waals surface area contributed by atoms with Crippen molar-refractivity contribution in [2.24, 2.45) is 5.92 Å². The Labute approximate surface area is 109 Å². The van der Waals surface area contributed by atoms with Gasteiger partial charge in [-0.25, -0.2) is 4.79 Å². The molecule has 0 spiro atoms. The van der Waals surface area contributed by atoms with Crippen LogP contribution in [0.2, 0.25) is 0 Å². The number of amides is 1. The SMILES string of the molecule is O=C(OCc1ccccc1)N1CCC(C(F)(F)F)C1. The number of hydrogen-bond donors (Lipinski definition) is 0. The van der Waals surface area contributed by atoms with Crippen molar-refractivity contribution in [3.63, 3.8) is 0 Å². The molecule has 2 rings (SSSR count). The predicted molar refractivity (Wildman–Crippen MR) is 62.4 cm³/mol. The molecule has 104 valence electrons. The summed E-state index contributed by atoms with van der Waals surface area (Å²) in [5.41, 5.74) is 0.808. The summed E-state index contributed by atoms with van der Waals surface area (Å²) in [6.07, 6.45) is -4.98. The third-order valence-electron chi connectivity index (χ3n) is 3.11. The molecule has 1 amide bonds. The van der Waals surface area contributed by atoms with Gasteiger partial charge < -0.3 is 9.64 Å². The van der Waals surface area contributed by atoms with E-state index in [9.17, 15) is 18.0 Å². The van der Waals surface area contributed by atoms with Crippen LogP contribution in [0.5, 0.6) is 0 Å². The normalized spacial score (nSPS) is 19.5. The Morgan fingerprint density at radius 3 is 2.58 bits per heavy atom. The van der Waals surface area contributed by atoms with E-state index in [1.807, 2.05) is 6.07 Å². The van der Waals surface area contributed by atoms with Gasteiger partial charge in [0.1, 0.15) is 6.61 Å². The third kappa shape index (κ3) is 3.62. The largest absolute Gasteiger partial charge is 0.445 e. The van der Waals surface area contributed by atoms with E-state index in [-0.39, 0.29) is 26.1 Å². The Bertz CT molecular complexity index is 433. The first-order valence-corrected chi connectivity index (χ1v) is 5.99. The van der Waals surface area contributed by atoms with Crippen LogP contribution in [0.25, 0.3) is 0 Å². The molecular weight excluding hydrogens is 259 g/mol. The van der Waals surface area contributed by atoms with Gasteiger partial charge in [0, 0.05) is 13.1 Å². The van der Waals surface area contributed by atoms with Crippen LogP contribution in [0.3, 0.4) is 0 Å². The molecule has 1 aromatic rings. The van der Waals surface area contributed by atoms with Crippen molar-refractivity contribution in [2.45, 2.75) is 19.2 Å². The lowest BCUT2D eigenvalue weighted by atomic mass is 10.1. The standard InChI is InChI=1S/C13H14F3NO2/c14-13(15,16)11-6-7-17(8-11)12(18)19-9-10-4-2-1-3-5-10/h1-5,11H,6-9H2. The molecule has 1 aromatic carbocycles. The van der Waals surface area contributed by atoms with E-state index in [4.69, 9.17) is 4.74 Å². The van der Waals surface area contributed by atoms with Gasteiger partial charge in [0.2, 0.25) is 0 Å². The molecule has 0 aromatic heterocycles. The highest BCUT2D eigenvalue weighted by Gasteiger charge is 2.44. The minimum absolute atomic E-state index is 0.0516. The Morgan fingerprint density at radius 1 is 1.32 bits per heavy atom. The van der Waals surface area contributed by atoms with E-state index >= 15 is 0 Å². The molecule has 1 aliphatic rings. The quantitative estimate of drug-likeness (QED) is 0.828. The van der Waals surface area contributed by atoms with Crippen LogP contribution in [-0.4, -0.2) is 30.3 Å². The number of carbonyl (C=O) groups excluding carboxylic acids is 1. The summed E-state index contributed by atoms with van der Waals surface area (Å²) in [4.78, 5) is 12.7. The van der Waals surface area contributed by atoms with Crippen LogP contribution in [-0.2, 0) is 11.3 Å². The predicted octanol–water partition coefficient (Wildman–Crippen LogP) is 3.21. The second-order valence-corrected chi connectivity index (χ2v) is 4.51. The van der Waals surface area contributed by atoms with Crippen molar-refractivity contribution in [3.8, 4) is 0 Å². The first-order valence-electron chi connectivity index (χ1n) is 5.99. The van der Waals surface area contributed by atoms with Gasteiger partial charge in [-0.15, -0.1) is 0 Å². The summed E-state index contributed by atoms with van der Waals surface area (Å²) >= 11 is 0. The number of alkyl halides is 3. The highest BCUT2D eigenvalue weighted by molar-refractivity contribution is 5.68. The van der Waals surface area contributed by atoms with Crippen molar-refractivity contribution in [1.82, 2.24) is 4.90 Å². The summed E-state index contributed by atoms with van der Waals surface area (Å²) in [5, 5.41) is 0. The molecule has 0 aliphatic carbocycles. The smallest absolute Gasteiger partial charge is 0.410 e. The lowest BCUT2D eigenvalue weighted by molar-refractivity contribution is -0.170. The monoisotopic (exact) mass is 273 g/mol. The number of likely N-dealkylation sites (tertiary alicyclic amines) is 1. The number of halogens is 3. The maximum absolute atomic E-state index is 12.5. The molecule has 1 saturated heterocycles. The third-order valence-corrected chi connectivity index (χ3v) is 3.11. The van der Waals surface area contributed by atoms with E-state index in [2.05, 4.69) is 0 Å². The summed E-state index contributed by atoms with van der Waals surface area (Å²) in [6, 6.07) is 9.02. The second kappa shape index (κ2) is 5.50. The van der Waals surface area contributed by atoms with Crippen LogP contribution in [0.15, 0.2) is 30.3 Å². The van der Waals surface area contributed by atoms with Crippen LogP contribution in [0.1, 0.15) is 12.0 Å². The fraction of sp³-hybridized carbons (Fsp3) is 0.462. The second-order valence-electron chi connectivity index (χ2n) is 4.51. The van der Waals surface area contributed by atoms with Gasteiger partial charge in [-0.05, 0) is 12.0 Å². The lowest BCUT2D eigenvalue weighted by Gasteiger charge is -2.17. The summed E-state index contributed by atoms with van der Waals surface area (Å²) < 4.78 is 42.4. The number of rotatable bonds is 2. The summed E-state index contributed by atoms with van der Waals surface area (Å²) in [6.45, 7) is -0.137. The van der Waals surface area contributed by atoms with Crippen LogP contribution >= 0.6 is 0 Å². The number of ether oxygens (including phenoxy) is 1. The van der Waals surface area contributed by atoms with Crippen LogP contribution in [0.4, 0.5) is 18.0 Å². The molecule has 0 radical (unpaired) electrons. The average molecular weight is 273 g/mol. The summed E-state index contributed by atoms with van der Waals surface area (Å²) in [5.74, 6) is -1.43. The minimum Gasteiger partial charge on any atom is -0.445 e. The molecule has 3 nitrogen and oxygen atoms in total. The minimum atomic E-state index is -4.24. The van der Waals surface area contributed by atoms with Crippen molar-refractivity contribution in [2.75, 3.05) is 13.1 Å².